The predicted octanol–water partition coefficient (Wildman–Crippen LogP) is 2.55. The van der Waals surface area contributed by atoms with Crippen molar-refractivity contribution in [2.45, 2.75) is 49.5 Å². The first-order valence-electron chi connectivity index (χ1n) is 6.67. The van der Waals surface area contributed by atoms with Crippen LogP contribution < -0.4 is 10.5 Å². The van der Waals surface area contributed by atoms with Crippen LogP contribution in [0.5, 0.6) is 0 Å². The number of anilines is 1. The lowest BCUT2D eigenvalue weighted by molar-refractivity contribution is 0.502. The highest BCUT2D eigenvalue weighted by Crippen LogP contribution is 2.24. The molecule has 4 nitrogen and oxygen atoms in total. The number of hydrogen-bond acceptors (Lipinski definition) is 3. The molecule has 0 radical (unpaired) electrons. The van der Waals surface area contributed by atoms with E-state index in [1.165, 1.54) is 0 Å². The maximum absolute atomic E-state index is 13.8. The molecular formula is C13H18F2N2O2S. The van der Waals surface area contributed by atoms with Gasteiger partial charge < -0.3 is 5.73 Å². The molecule has 0 amide bonds. The maximum atomic E-state index is 13.8. The Hall–Kier alpha value is -1.21. The lowest BCUT2D eigenvalue weighted by Gasteiger charge is -2.17. The van der Waals surface area contributed by atoms with Crippen LogP contribution in [0.2, 0.25) is 0 Å². The minimum absolute atomic E-state index is 0.201. The molecule has 1 saturated carbocycles. The van der Waals surface area contributed by atoms with Gasteiger partial charge in [-0.05, 0) is 25.0 Å². The summed E-state index contributed by atoms with van der Waals surface area (Å²) < 4.78 is 53.7. The monoisotopic (exact) mass is 304 g/mol. The number of rotatable bonds is 3. The zero-order valence-electron chi connectivity index (χ0n) is 11.0. The number of halogens is 2. The van der Waals surface area contributed by atoms with Crippen molar-refractivity contribution in [3.63, 3.8) is 0 Å². The number of hydrogen-bond donors (Lipinski definition) is 2. The average Bonchev–Trinajstić information content (AvgIpc) is 2.63. The van der Waals surface area contributed by atoms with Crippen LogP contribution in [0, 0.1) is 11.6 Å². The Bertz CT molecular complexity index is 582. The van der Waals surface area contributed by atoms with Crippen molar-refractivity contribution in [2.75, 3.05) is 5.73 Å². The predicted molar refractivity (Wildman–Crippen MR) is 72.6 cm³/mol. The van der Waals surface area contributed by atoms with Gasteiger partial charge in [-0.2, -0.15) is 0 Å². The fourth-order valence-electron chi connectivity index (χ4n) is 2.44. The van der Waals surface area contributed by atoms with Crippen molar-refractivity contribution in [1.29, 1.82) is 0 Å². The highest BCUT2D eigenvalue weighted by Gasteiger charge is 2.25. The Morgan fingerprint density at radius 2 is 1.70 bits per heavy atom. The molecule has 1 aromatic rings. The zero-order valence-corrected chi connectivity index (χ0v) is 11.8. The lowest BCUT2D eigenvalue weighted by Crippen LogP contribution is -2.35. The number of sulfonamides is 1. The van der Waals surface area contributed by atoms with Gasteiger partial charge in [0.1, 0.15) is 16.4 Å². The number of nitrogen functional groups attached to an aromatic ring is 1. The minimum atomic E-state index is -4.02. The number of benzene rings is 1. The van der Waals surface area contributed by atoms with Crippen molar-refractivity contribution in [2.24, 2.45) is 0 Å². The maximum Gasteiger partial charge on any atom is 0.243 e. The quantitative estimate of drug-likeness (QED) is 0.666. The normalized spacial score (nSPS) is 17.9. The van der Waals surface area contributed by atoms with Gasteiger partial charge in [-0.1, -0.05) is 25.7 Å². The fourth-order valence-corrected chi connectivity index (χ4v) is 3.83. The third-order valence-corrected chi connectivity index (χ3v) is 5.10. The molecule has 0 aliphatic heterocycles. The van der Waals surface area contributed by atoms with E-state index in [1.807, 2.05) is 0 Å². The third-order valence-electron chi connectivity index (χ3n) is 3.56. The smallest absolute Gasteiger partial charge is 0.243 e. The first kappa shape index (κ1) is 15.2. The molecule has 20 heavy (non-hydrogen) atoms. The van der Waals surface area contributed by atoms with Gasteiger partial charge in [0, 0.05) is 6.04 Å². The largest absolute Gasteiger partial charge is 0.394 e. The molecule has 1 aromatic carbocycles. The van der Waals surface area contributed by atoms with Gasteiger partial charge in [0.15, 0.2) is 5.82 Å². The van der Waals surface area contributed by atoms with Gasteiger partial charge in [0.05, 0.1) is 0 Å². The minimum Gasteiger partial charge on any atom is -0.394 e. The van der Waals surface area contributed by atoms with E-state index in [2.05, 4.69) is 4.72 Å². The van der Waals surface area contributed by atoms with Crippen molar-refractivity contribution >= 4 is 15.7 Å². The van der Waals surface area contributed by atoms with Gasteiger partial charge in [-0.3, -0.25) is 0 Å². The average molecular weight is 304 g/mol. The van der Waals surface area contributed by atoms with E-state index in [1.54, 1.807) is 0 Å². The summed E-state index contributed by atoms with van der Waals surface area (Å²) in [5.74, 6) is -2.19. The molecule has 2 rings (SSSR count). The first-order valence-corrected chi connectivity index (χ1v) is 8.16. The molecule has 0 atom stereocenters. The van der Waals surface area contributed by atoms with Crippen LogP contribution >= 0.6 is 0 Å². The molecule has 7 heteroatoms. The van der Waals surface area contributed by atoms with Crippen LogP contribution in [0.1, 0.15) is 38.5 Å². The Morgan fingerprint density at radius 3 is 2.30 bits per heavy atom. The van der Waals surface area contributed by atoms with E-state index in [0.29, 0.717) is 0 Å². The molecule has 0 heterocycles. The Morgan fingerprint density at radius 1 is 1.10 bits per heavy atom. The lowest BCUT2D eigenvalue weighted by atomic mass is 10.1. The Labute approximate surface area is 117 Å². The summed E-state index contributed by atoms with van der Waals surface area (Å²) >= 11 is 0. The molecule has 3 N–H and O–H groups in total. The van der Waals surface area contributed by atoms with E-state index in [4.69, 9.17) is 5.73 Å². The zero-order chi connectivity index (χ0) is 14.8. The van der Waals surface area contributed by atoms with Crippen LogP contribution in [0.25, 0.3) is 0 Å². The molecule has 1 aliphatic carbocycles. The van der Waals surface area contributed by atoms with Crippen LogP contribution in [-0.4, -0.2) is 14.5 Å². The number of nitrogens with two attached hydrogens (primary N) is 1. The van der Waals surface area contributed by atoms with E-state index < -0.39 is 32.2 Å². The molecule has 0 spiro atoms. The van der Waals surface area contributed by atoms with Crippen molar-refractivity contribution in [1.82, 2.24) is 4.72 Å². The summed E-state index contributed by atoms with van der Waals surface area (Å²) in [6.07, 6.45) is 5.52. The highest BCUT2D eigenvalue weighted by atomic mass is 32.2. The summed E-state index contributed by atoms with van der Waals surface area (Å²) in [5.41, 5.74) is 4.43. The molecule has 0 aromatic heterocycles. The summed E-state index contributed by atoms with van der Waals surface area (Å²) in [7, 11) is -4.02. The molecule has 1 fully saturated rings. The van der Waals surface area contributed by atoms with Crippen molar-refractivity contribution in [3.05, 3.63) is 23.8 Å². The second-order valence-electron chi connectivity index (χ2n) is 5.08. The topological polar surface area (TPSA) is 72.2 Å². The van der Waals surface area contributed by atoms with Crippen LogP contribution in [0.15, 0.2) is 17.0 Å². The second kappa shape index (κ2) is 6.05. The third kappa shape index (κ3) is 3.27. The van der Waals surface area contributed by atoms with E-state index in [9.17, 15) is 17.2 Å². The SMILES string of the molecule is Nc1c(F)ccc(S(=O)(=O)NC2CCCCCC2)c1F. The van der Waals surface area contributed by atoms with Crippen LogP contribution in [0.4, 0.5) is 14.5 Å². The van der Waals surface area contributed by atoms with Crippen LogP contribution in [-0.2, 0) is 10.0 Å². The number of nitrogens with one attached hydrogen (secondary N) is 1. The van der Waals surface area contributed by atoms with E-state index >= 15 is 0 Å². The van der Waals surface area contributed by atoms with Gasteiger partial charge >= 0.3 is 0 Å². The fraction of sp³-hybridized carbons (Fsp3) is 0.538. The van der Waals surface area contributed by atoms with E-state index in [0.717, 1.165) is 50.7 Å². The first-order chi connectivity index (χ1) is 9.42. The summed E-state index contributed by atoms with van der Waals surface area (Å²) in [6.45, 7) is 0. The summed E-state index contributed by atoms with van der Waals surface area (Å²) in [6, 6.07) is 1.56. The molecule has 0 bridgehead atoms. The summed E-state index contributed by atoms with van der Waals surface area (Å²) in [5, 5.41) is 0. The Balaban J connectivity index is 2.24. The van der Waals surface area contributed by atoms with Crippen molar-refractivity contribution < 1.29 is 17.2 Å². The van der Waals surface area contributed by atoms with Gasteiger partial charge in [-0.15, -0.1) is 0 Å². The summed E-state index contributed by atoms with van der Waals surface area (Å²) in [4.78, 5) is -0.597. The van der Waals surface area contributed by atoms with Crippen molar-refractivity contribution in [3.8, 4) is 0 Å². The van der Waals surface area contributed by atoms with E-state index in [-0.39, 0.29) is 6.04 Å². The van der Waals surface area contributed by atoms with Gasteiger partial charge in [0.2, 0.25) is 10.0 Å². The molecule has 1 aliphatic rings. The highest BCUT2D eigenvalue weighted by molar-refractivity contribution is 7.89. The molecule has 0 saturated heterocycles. The molecule has 0 unspecified atom stereocenters. The molecule has 112 valence electrons. The molecular weight excluding hydrogens is 286 g/mol. The second-order valence-corrected chi connectivity index (χ2v) is 6.77. The standard InChI is InChI=1S/C13H18F2N2O2S/c14-10-7-8-11(12(15)13(10)16)20(18,19)17-9-5-3-1-2-4-6-9/h7-9,17H,1-6,16H2. The Kier molecular flexibility index (Phi) is 4.59. The van der Waals surface area contributed by atoms with Gasteiger partial charge in [0.25, 0.3) is 0 Å². The van der Waals surface area contributed by atoms with Gasteiger partial charge in [-0.25, -0.2) is 21.9 Å². The van der Waals surface area contributed by atoms with Crippen LogP contribution in [0.3, 0.4) is 0 Å².